The standard InChI is InChI=1S/C14H18N2O3/c1-2-11(5-6-17)15-14(19)10-4-3-9-8-13(18)16-12(9)7-10/h3-4,7,11,17H,2,5-6,8H2,1H3,(H,15,19)(H,16,18). The maximum absolute atomic E-state index is 12.1. The van der Waals surface area contributed by atoms with Crippen LogP contribution in [-0.4, -0.2) is 29.6 Å². The van der Waals surface area contributed by atoms with Crippen molar-refractivity contribution in [2.24, 2.45) is 0 Å². The van der Waals surface area contributed by atoms with Crippen LogP contribution in [0.2, 0.25) is 0 Å². The predicted molar refractivity (Wildman–Crippen MR) is 72.0 cm³/mol. The SMILES string of the molecule is CCC(CCO)NC(=O)c1ccc2c(c1)NC(=O)C2. The summed E-state index contributed by atoms with van der Waals surface area (Å²) in [7, 11) is 0. The van der Waals surface area contributed by atoms with Crippen LogP contribution in [0.15, 0.2) is 18.2 Å². The highest BCUT2D eigenvalue weighted by molar-refractivity contribution is 6.02. The lowest BCUT2D eigenvalue weighted by molar-refractivity contribution is -0.115. The molecule has 102 valence electrons. The highest BCUT2D eigenvalue weighted by Crippen LogP contribution is 2.24. The van der Waals surface area contributed by atoms with Crippen LogP contribution in [-0.2, 0) is 11.2 Å². The van der Waals surface area contributed by atoms with Crippen molar-refractivity contribution in [3.63, 3.8) is 0 Å². The number of carbonyl (C=O) groups is 2. The van der Waals surface area contributed by atoms with Crippen LogP contribution >= 0.6 is 0 Å². The first-order chi connectivity index (χ1) is 9.13. The molecule has 0 fully saturated rings. The zero-order chi connectivity index (χ0) is 13.8. The lowest BCUT2D eigenvalue weighted by Gasteiger charge is -2.16. The molecule has 0 aliphatic carbocycles. The third-order valence-corrected chi connectivity index (χ3v) is 3.30. The quantitative estimate of drug-likeness (QED) is 0.742. The Hall–Kier alpha value is -1.88. The van der Waals surface area contributed by atoms with Crippen LogP contribution in [0.4, 0.5) is 5.69 Å². The van der Waals surface area contributed by atoms with Gasteiger partial charge in [-0.3, -0.25) is 9.59 Å². The van der Waals surface area contributed by atoms with Crippen LogP contribution in [0.3, 0.4) is 0 Å². The molecule has 0 aromatic heterocycles. The first kappa shape index (κ1) is 13.5. The molecular formula is C14H18N2O3. The molecule has 0 saturated heterocycles. The van der Waals surface area contributed by atoms with Crippen molar-refractivity contribution in [3.8, 4) is 0 Å². The first-order valence-corrected chi connectivity index (χ1v) is 6.48. The molecule has 1 atom stereocenters. The Labute approximate surface area is 112 Å². The van der Waals surface area contributed by atoms with E-state index in [4.69, 9.17) is 5.11 Å². The van der Waals surface area contributed by atoms with Gasteiger partial charge in [0, 0.05) is 23.9 Å². The summed E-state index contributed by atoms with van der Waals surface area (Å²) in [5.41, 5.74) is 2.16. The number of nitrogens with one attached hydrogen (secondary N) is 2. The maximum Gasteiger partial charge on any atom is 0.251 e. The fraction of sp³-hybridized carbons (Fsp3) is 0.429. The largest absolute Gasteiger partial charge is 0.396 e. The van der Waals surface area contributed by atoms with Crippen molar-refractivity contribution in [3.05, 3.63) is 29.3 Å². The monoisotopic (exact) mass is 262 g/mol. The summed E-state index contributed by atoms with van der Waals surface area (Å²) in [6.45, 7) is 2.02. The lowest BCUT2D eigenvalue weighted by Crippen LogP contribution is -2.35. The average Bonchev–Trinajstić information content (AvgIpc) is 2.76. The topological polar surface area (TPSA) is 78.4 Å². The number of rotatable bonds is 5. The molecular weight excluding hydrogens is 244 g/mol. The van der Waals surface area contributed by atoms with E-state index in [1.165, 1.54) is 0 Å². The van der Waals surface area contributed by atoms with E-state index in [0.29, 0.717) is 24.1 Å². The van der Waals surface area contributed by atoms with Crippen molar-refractivity contribution >= 4 is 17.5 Å². The summed E-state index contributed by atoms with van der Waals surface area (Å²) in [4.78, 5) is 23.3. The molecule has 0 saturated carbocycles. The number of aliphatic hydroxyl groups excluding tert-OH is 1. The van der Waals surface area contributed by atoms with E-state index < -0.39 is 0 Å². The van der Waals surface area contributed by atoms with Crippen LogP contribution < -0.4 is 10.6 Å². The first-order valence-electron chi connectivity index (χ1n) is 6.48. The van der Waals surface area contributed by atoms with Crippen molar-refractivity contribution in [1.29, 1.82) is 0 Å². The van der Waals surface area contributed by atoms with Gasteiger partial charge in [-0.15, -0.1) is 0 Å². The Kier molecular flexibility index (Phi) is 4.16. The van der Waals surface area contributed by atoms with E-state index in [0.717, 1.165) is 12.0 Å². The van der Waals surface area contributed by atoms with Gasteiger partial charge in [-0.05, 0) is 30.5 Å². The molecule has 1 aliphatic rings. The van der Waals surface area contributed by atoms with E-state index >= 15 is 0 Å². The maximum atomic E-state index is 12.1. The Morgan fingerprint density at radius 3 is 3.00 bits per heavy atom. The number of amides is 2. The zero-order valence-electron chi connectivity index (χ0n) is 10.9. The number of fused-ring (bicyclic) bond motifs is 1. The Morgan fingerprint density at radius 1 is 1.53 bits per heavy atom. The van der Waals surface area contributed by atoms with E-state index in [9.17, 15) is 9.59 Å². The van der Waals surface area contributed by atoms with Crippen molar-refractivity contribution < 1.29 is 14.7 Å². The van der Waals surface area contributed by atoms with Gasteiger partial charge in [0.1, 0.15) is 0 Å². The molecule has 5 heteroatoms. The molecule has 0 bridgehead atoms. The zero-order valence-corrected chi connectivity index (χ0v) is 10.9. The molecule has 5 nitrogen and oxygen atoms in total. The van der Waals surface area contributed by atoms with Gasteiger partial charge in [-0.25, -0.2) is 0 Å². The highest BCUT2D eigenvalue weighted by atomic mass is 16.3. The van der Waals surface area contributed by atoms with E-state index in [1.54, 1.807) is 18.2 Å². The summed E-state index contributed by atoms with van der Waals surface area (Å²) in [5.74, 6) is -0.219. The highest BCUT2D eigenvalue weighted by Gasteiger charge is 2.19. The fourth-order valence-corrected chi connectivity index (χ4v) is 2.16. The van der Waals surface area contributed by atoms with Crippen LogP contribution in [0.25, 0.3) is 0 Å². The van der Waals surface area contributed by atoms with E-state index in [2.05, 4.69) is 10.6 Å². The van der Waals surface area contributed by atoms with Gasteiger partial charge in [0.2, 0.25) is 5.91 Å². The van der Waals surface area contributed by atoms with Crippen LogP contribution in [0.5, 0.6) is 0 Å². The Bertz CT molecular complexity index is 499. The molecule has 0 radical (unpaired) electrons. The van der Waals surface area contributed by atoms with Crippen molar-refractivity contribution in [2.45, 2.75) is 32.2 Å². The van der Waals surface area contributed by atoms with Gasteiger partial charge in [0.25, 0.3) is 5.91 Å². The summed E-state index contributed by atoms with van der Waals surface area (Å²) >= 11 is 0. The summed E-state index contributed by atoms with van der Waals surface area (Å²) in [6, 6.07) is 5.19. The number of benzene rings is 1. The van der Waals surface area contributed by atoms with Gasteiger partial charge in [-0.2, -0.15) is 0 Å². The number of aliphatic hydroxyl groups is 1. The van der Waals surface area contributed by atoms with E-state index in [-0.39, 0.29) is 24.5 Å². The minimum atomic E-state index is -0.177. The minimum absolute atomic E-state index is 0.0275. The number of hydrogen-bond donors (Lipinski definition) is 3. The van der Waals surface area contributed by atoms with Crippen molar-refractivity contribution in [1.82, 2.24) is 5.32 Å². The van der Waals surface area contributed by atoms with Gasteiger partial charge < -0.3 is 15.7 Å². The molecule has 0 spiro atoms. The molecule has 3 N–H and O–H groups in total. The second kappa shape index (κ2) is 5.84. The van der Waals surface area contributed by atoms with Gasteiger partial charge >= 0.3 is 0 Å². The third-order valence-electron chi connectivity index (χ3n) is 3.30. The molecule has 1 heterocycles. The smallest absolute Gasteiger partial charge is 0.251 e. The molecule has 1 aromatic rings. The van der Waals surface area contributed by atoms with Gasteiger partial charge in [0.05, 0.1) is 6.42 Å². The van der Waals surface area contributed by atoms with Crippen molar-refractivity contribution in [2.75, 3.05) is 11.9 Å². The second-order valence-electron chi connectivity index (χ2n) is 4.69. The Morgan fingerprint density at radius 2 is 2.32 bits per heavy atom. The molecule has 1 aliphatic heterocycles. The minimum Gasteiger partial charge on any atom is -0.396 e. The molecule has 19 heavy (non-hydrogen) atoms. The number of anilines is 1. The van der Waals surface area contributed by atoms with Gasteiger partial charge in [-0.1, -0.05) is 13.0 Å². The Balaban J connectivity index is 2.08. The predicted octanol–water partition coefficient (Wildman–Crippen LogP) is 1.07. The third kappa shape index (κ3) is 3.12. The average molecular weight is 262 g/mol. The molecule has 2 amide bonds. The lowest BCUT2D eigenvalue weighted by atomic mass is 10.1. The molecule has 1 unspecified atom stereocenters. The van der Waals surface area contributed by atoms with Gasteiger partial charge in [0.15, 0.2) is 0 Å². The number of hydrogen-bond acceptors (Lipinski definition) is 3. The fourth-order valence-electron chi connectivity index (χ4n) is 2.16. The van der Waals surface area contributed by atoms with Crippen LogP contribution in [0.1, 0.15) is 35.7 Å². The van der Waals surface area contributed by atoms with E-state index in [1.807, 2.05) is 6.92 Å². The summed E-state index contributed by atoms with van der Waals surface area (Å²) < 4.78 is 0. The van der Waals surface area contributed by atoms with Crippen LogP contribution in [0, 0.1) is 0 Å². The number of carbonyl (C=O) groups excluding carboxylic acids is 2. The summed E-state index contributed by atoms with van der Waals surface area (Å²) in [6.07, 6.45) is 1.69. The second-order valence-corrected chi connectivity index (χ2v) is 4.69. The summed E-state index contributed by atoms with van der Waals surface area (Å²) in [5, 5.41) is 14.5. The normalized spacial score (nSPS) is 14.7. The molecule has 2 rings (SSSR count). The molecule has 1 aromatic carbocycles.